The SMILES string of the molecule is NCCCc1ccc(CNc2ncnc3c2ncn3[C@H]2CC(O)[C@@H](COP(=O)(O)OP(=O)(O)OP(=O)(O)O)O2)cc1. The zero-order valence-corrected chi connectivity index (χ0v) is 23.9. The van der Waals surface area contributed by atoms with E-state index in [1.54, 1.807) is 0 Å². The molecule has 1 fully saturated rings. The van der Waals surface area contributed by atoms with Crippen LogP contribution in [-0.2, 0) is 44.5 Å². The van der Waals surface area contributed by atoms with E-state index in [0.29, 0.717) is 30.1 Å². The quantitative estimate of drug-likeness (QED) is 0.123. The number of ether oxygens (including phenoxy) is 1. The average molecular weight is 638 g/mol. The van der Waals surface area contributed by atoms with Gasteiger partial charge in [-0.15, -0.1) is 0 Å². The van der Waals surface area contributed by atoms with Crippen molar-refractivity contribution in [2.75, 3.05) is 18.5 Å². The van der Waals surface area contributed by atoms with Crippen molar-refractivity contribution in [3.05, 3.63) is 48.0 Å². The minimum Gasteiger partial charge on any atom is -0.390 e. The number of aliphatic hydroxyl groups excluding tert-OH is 1. The smallest absolute Gasteiger partial charge is 0.390 e. The molecule has 1 aliphatic heterocycles. The Labute approximate surface area is 232 Å². The molecule has 2 aromatic heterocycles. The molecular weight excluding hydrogens is 609 g/mol. The van der Waals surface area contributed by atoms with Crippen molar-refractivity contribution >= 4 is 40.4 Å². The molecule has 226 valence electrons. The Kier molecular flexibility index (Phi) is 10.1. The summed E-state index contributed by atoms with van der Waals surface area (Å²) in [6.07, 6.45) is 1.34. The molecule has 0 saturated carbocycles. The highest BCUT2D eigenvalue weighted by molar-refractivity contribution is 7.66. The van der Waals surface area contributed by atoms with Gasteiger partial charge in [-0.1, -0.05) is 24.3 Å². The molecule has 21 heteroatoms. The molecule has 3 heterocycles. The number of hydrogen-bond donors (Lipinski definition) is 7. The van der Waals surface area contributed by atoms with E-state index in [0.717, 1.165) is 18.4 Å². The van der Waals surface area contributed by atoms with Gasteiger partial charge in [-0.2, -0.15) is 8.62 Å². The number of phosphoric acid groups is 3. The largest absolute Gasteiger partial charge is 0.490 e. The molecule has 0 aliphatic carbocycles. The van der Waals surface area contributed by atoms with Crippen LogP contribution in [0.25, 0.3) is 11.2 Å². The van der Waals surface area contributed by atoms with E-state index in [1.165, 1.54) is 22.8 Å². The number of imidazole rings is 1. The number of nitrogens with two attached hydrogens (primary N) is 1. The van der Waals surface area contributed by atoms with Gasteiger partial charge in [0, 0.05) is 13.0 Å². The molecule has 1 saturated heterocycles. The molecule has 8 N–H and O–H groups in total. The predicted molar refractivity (Wildman–Crippen MR) is 141 cm³/mol. The number of anilines is 1. The van der Waals surface area contributed by atoms with Crippen molar-refractivity contribution in [1.82, 2.24) is 19.5 Å². The summed E-state index contributed by atoms with van der Waals surface area (Å²) in [4.78, 5) is 49.0. The van der Waals surface area contributed by atoms with Crippen molar-refractivity contribution < 1.29 is 56.3 Å². The number of hydrogen-bond acceptors (Lipinski definition) is 13. The molecule has 0 amide bonds. The van der Waals surface area contributed by atoms with Gasteiger partial charge in [-0.25, -0.2) is 28.6 Å². The van der Waals surface area contributed by atoms with Crippen molar-refractivity contribution in [2.45, 2.75) is 44.2 Å². The van der Waals surface area contributed by atoms with Crippen LogP contribution in [0.5, 0.6) is 0 Å². The lowest BCUT2D eigenvalue weighted by atomic mass is 10.1. The third-order valence-electron chi connectivity index (χ3n) is 5.84. The molecule has 1 aromatic carbocycles. The first-order chi connectivity index (χ1) is 19.3. The number of aliphatic hydroxyl groups is 1. The topological polar surface area (TPSA) is 271 Å². The van der Waals surface area contributed by atoms with Crippen LogP contribution in [0.4, 0.5) is 5.82 Å². The fraction of sp³-hybridized carbons (Fsp3) is 0.450. The zero-order chi connectivity index (χ0) is 29.8. The van der Waals surface area contributed by atoms with Gasteiger partial charge in [-0.3, -0.25) is 9.09 Å². The molecular formula is C20H29N6O12P3. The maximum Gasteiger partial charge on any atom is 0.490 e. The van der Waals surface area contributed by atoms with Crippen LogP contribution in [0.3, 0.4) is 0 Å². The Hall–Kier alpha value is -2.14. The molecule has 5 atom stereocenters. The van der Waals surface area contributed by atoms with Crippen LogP contribution in [-0.4, -0.2) is 69.6 Å². The Balaban J connectivity index is 1.37. The average Bonchev–Trinajstić information content (AvgIpc) is 3.47. The fourth-order valence-electron chi connectivity index (χ4n) is 4.01. The normalized spacial score (nSPS) is 22.4. The molecule has 41 heavy (non-hydrogen) atoms. The number of aryl methyl sites for hydroxylation is 1. The van der Waals surface area contributed by atoms with E-state index in [9.17, 15) is 28.6 Å². The third-order valence-corrected chi connectivity index (χ3v) is 9.65. The van der Waals surface area contributed by atoms with E-state index >= 15 is 0 Å². The summed E-state index contributed by atoms with van der Waals surface area (Å²) in [5, 5.41) is 13.6. The first-order valence-corrected chi connectivity index (χ1v) is 16.6. The van der Waals surface area contributed by atoms with Gasteiger partial charge in [0.15, 0.2) is 17.0 Å². The summed E-state index contributed by atoms with van der Waals surface area (Å²) in [5.41, 5.74) is 8.59. The van der Waals surface area contributed by atoms with Gasteiger partial charge in [-0.05, 0) is 30.5 Å². The van der Waals surface area contributed by atoms with Crippen LogP contribution in [0, 0.1) is 0 Å². The maximum absolute atomic E-state index is 12.0. The van der Waals surface area contributed by atoms with Gasteiger partial charge in [0.05, 0.1) is 19.0 Å². The van der Waals surface area contributed by atoms with E-state index in [4.69, 9.17) is 20.3 Å². The Morgan fingerprint density at radius 3 is 2.41 bits per heavy atom. The predicted octanol–water partition coefficient (Wildman–Crippen LogP) is 1.32. The minimum atomic E-state index is -5.67. The highest BCUT2D eigenvalue weighted by atomic mass is 31.3. The summed E-state index contributed by atoms with van der Waals surface area (Å²) in [6, 6.07) is 8.10. The molecule has 0 radical (unpaired) electrons. The number of rotatable bonds is 14. The Morgan fingerprint density at radius 2 is 1.73 bits per heavy atom. The molecule has 0 spiro atoms. The van der Waals surface area contributed by atoms with Crippen LogP contribution in [0.15, 0.2) is 36.9 Å². The summed E-state index contributed by atoms with van der Waals surface area (Å²) >= 11 is 0. The third kappa shape index (κ3) is 8.92. The molecule has 18 nitrogen and oxygen atoms in total. The van der Waals surface area contributed by atoms with Crippen LogP contribution in [0.1, 0.15) is 30.2 Å². The second-order valence-corrected chi connectivity index (χ2v) is 13.3. The lowest BCUT2D eigenvalue weighted by molar-refractivity contribution is -0.0423. The highest BCUT2D eigenvalue weighted by Gasteiger charge is 2.43. The number of fused-ring (bicyclic) bond motifs is 1. The minimum absolute atomic E-state index is 0.000839. The summed E-state index contributed by atoms with van der Waals surface area (Å²) < 4.78 is 53.4. The standard InChI is InChI=1S/C20H29N6O12P3/c21-7-1-2-13-3-5-14(6-4-13)9-22-19-18-20(24-11-23-19)26(12-25-18)17-8-15(27)16(36-17)10-35-40(31,32)38-41(33,34)37-39(28,29)30/h3-6,11-12,15-17,27H,1-2,7-10,21H2,(H,31,32)(H,33,34)(H,22,23,24)(H2,28,29,30)/t15?,16-,17-/m1/s1. The molecule has 3 aromatic rings. The molecule has 3 unspecified atom stereocenters. The van der Waals surface area contributed by atoms with E-state index < -0.39 is 48.5 Å². The van der Waals surface area contributed by atoms with Crippen LogP contribution >= 0.6 is 23.5 Å². The van der Waals surface area contributed by atoms with Gasteiger partial charge >= 0.3 is 23.5 Å². The van der Waals surface area contributed by atoms with E-state index in [2.05, 4.69) is 33.4 Å². The fourth-order valence-corrected chi connectivity index (χ4v) is 7.04. The Bertz CT molecular complexity index is 1480. The molecule has 4 rings (SSSR count). The molecule has 1 aliphatic rings. The summed E-state index contributed by atoms with van der Waals surface area (Å²) in [5.74, 6) is 0.462. The van der Waals surface area contributed by atoms with E-state index in [1.807, 2.05) is 24.3 Å². The van der Waals surface area contributed by atoms with Crippen molar-refractivity contribution in [3.63, 3.8) is 0 Å². The zero-order valence-electron chi connectivity index (χ0n) is 21.2. The maximum atomic E-state index is 12.0. The van der Waals surface area contributed by atoms with E-state index in [-0.39, 0.29) is 6.42 Å². The van der Waals surface area contributed by atoms with Gasteiger partial charge in [0.2, 0.25) is 0 Å². The van der Waals surface area contributed by atoms with Gasteiger partial charge in [0.25, 0.3) is 0 Å². The van der Waals surface area contributed by atoms with Crippen LogP contribution < -0.4 is 11.1 Å². The van der Waals surface area contributed by atoms with Crippen molar-refractivity contribution in [2.24, 2.45) is 5.73 Å². The first kappa shape index (κ1) is 31.8. The monoisotopic (exact) mass is 638 g/mol. The van der Waals surface area contributed by atoms with Crippen LogP contribution in [0.2, 0.25) is 0 Å². The second kappa shape index (κ2) is 13.0. The first-order valence-electron chi connectivity index (χ1n) is 12.1. The van der Waals surface area contributed by atoms with Crippen molar-refractivity contribution in [1.29, 1.82) is 0 Å². The Morgan fingerprint density at radius 1 is 1.02 bits per heavy atom. The number of phosphoric ester groups is 1. The summed E-state index contributed by atoms with van der Waals surface area (Å²) in [7, 11) is -16.6. The highest BCUT2D eigenvalue weighted by Crippen LogP contribution is 2.66. The molecule has 0 bridgehead atoms. The number of benzene rings is 1. The second-order valence-electron chi connectivity index (χ2n) is 8.93. The number of nitrogens with one attached hydrogen (secondary N) is 1. The van der Waals surface area contributed by atoms with Gasteiger partial charge < -0.3 is 40.5 Å². The lowest BCUT2D eigenvalue weighted by Crippen LogP contribution is -2.26. The number of aromatic nitrogens is 4. The lowest BCUT2D eigenvalue weighted by Gasteiger charge is -2.19. The summed E-state index contributed by atoms with van der Waals surface area (Å²) in [6.45, 7) is 0.311. The van der Waals surface area contributed by atoms with Gasteiger partial charge in [0.1, 0.15) is 18.7 Å². The van der Waals surface area contributed by atoms with Crippen molar-refractivity contribution in [3.8, 4) is 0 Å². The number of nitrogens with zero attached hydrogens (tertiary/aromatic N) is 4.